The molecule has 0 fully saturated rings. The van der Waals surface area contributed by atoms with Crippen molar-refractivity contribution >= 4 is 17.4 Å². The predicted molar refractivity (Wildman–Crippen MR) is 77.9 cm³/mol. The number of carbonyl (C=O) groups excluding carboxylic acids is 1. The Balaban J connectivity index is 2.18. The molecule has 0 unspecified atom stereocenters. The number of ketones is 1. The lowest BCUT2D eigenvalue weighted by atomic mass is 10.0. The summed E-state index contributed by atoms with van der Waals surface area (Å²) >= 11 is 6.10. The van der Waals surface area contributed by atoms with Gasteiger partial charge in [-0.25, -0.2) is 0 Å². The highest BCUT2D eigenvalue weighted by atomic mass is 35.5. The van der Waals surface area contributed by atoms with Gasteiger partial charge in [-0.3, -0.25) is 9.78 Å². The third kappa shape index (κ3) is 3.42. The Kier molecular flexibility index (Phi) is 4.33. The van der Waals surface area contributed by atoms with Gasteiger partial charge in [0, 0.05) is 23.9 Å². The van der Waals surface area contributed by atoms with E-state index in [1.807, 2.05) is 24.4 Å². The molecule has 0 aliphatic carbocycles. The Morgan fingerprint density at radius 3 is 2.47 bits per heavy atom. The van der Waals surface area contributed by atoms with Crippen LogP contribution in [0.2, 0.25) is 5.02 Å². The van der Waals surface area contributed by atoms with Gasteiger partial charge in [0.05, 0.1) is 5.02 Å². The number of halogens is 1. The summed E-state index contributed by atoms with van der Waals surface area (Å²) in [5.41, 5.74) is 3.86. The van der Waals surface area contributed by atoms with Gasteiger partial charge < -0.3 is 0 Å². The molecule has 0 radical (unpaired) electrons. The minimum Gasteiger partial charge on any atom is -0.294 e. The average molecular weight is 274 g/mol. The Labute approximate surface area is 118 Å². The van der Waals surface area contributed by atoms with Crippen LogP contribution >= 0.6 is 11.6 Å². The summed E-state index contributed by atoms with van der Waals surface area (Å²) in [4.78, 5) is 15.7. The topological polar surface area (TPSA) is 30.0 Å². The third-order valence-corrected chi connectivity index (χ3v) is 3.40. The number of Topliss-reactive ketones (excluding diaryl/α,β-unsaturated/α-hetero) is 1. The van der Waals surface area contributed by atoms with E-state index in [1.165, 1.54) is 12.5 Å². The predicted octanol–water partition coefficient (Wildman–Crippen LogP) is 4.09. The second-order valence-corrected chi connectivity index (χ2v) is 4.97. The van der Waals surface area contributed by atoms with Crippen LogP contribution in [0.25, 0.3) is 0 Å². The first-order valence-electron chi connectivity index (χ1n) is 6.33. The zero-order valence-electron chi connectivity index (χ0n) is 11.1. The molecule has 1 heterocycles. The van der Waals surface area contributed by atoms with E-state index in [-0.39, 0.29) is 5.78 Å². The van der Waals surface area contributed by atoms with Crippen molar-refractivity contribution in [3.63, 3.8) is 0 Å². The lowest BCUT2D eigenvalue weighted by Gasteiger charge is -2.05. The number of pyridine rings is 1. The van der Waals surface area contributed by atoms with Gasteiger partial charge in [-0.1, -0.05) is 30.7 Å². The van der Waals surface area contributed by atoms with Crippen molar-refractivity contribution in [1.82, 2.24) is 4.98 Å². The lowest BCUT2D eigenvalue weighted by molar-refractivity contribution is 0.101. The molecule has 2 rings (SSSR count). The molecule has 0 saturated carbocycles. The van der Waals surface area contributed by atoms with Crippen LogP contribution in [0.1, 0.15) is 41.0 Å². The summed E-state index contributed by atoms with van der Waals surface area (Å²) in [7, 11) is 0. The van der Waals surface area contributed by atoms with Crippen LogP contribution in [0.5, 0.6) is 0 Å². The van der Waals surface area contributed by atoms with E-state index in [1.54, 1.807) is 6.07 Å². The number of aryl methyl sites for hydroxylation is 1. The van der Waals surface area contributed by atoms with E-state index in [9.17, 15) is 4.79 Å². The van der Waals surface area contributed by atoms with Crippen LogP contribution in [-0.4, -0.2) is 10.8 Å². The number of aromatic nitrogens is 1. The zero-order chi connectivity index (χ0) is 13.8. The highest BCUT2D eigenvalue weighted by Gasteiger charge is 2.07. The molecule has 0 saturated heterocycles. The molecule has 2 aromatic rings. The fraction of sp³-hybridized carbons (Fsp3) is 0.250. The molecule has 0 aliphatic heterocycles. The molecule has 0 atom stereocenters. The van der Waals surface area contributed by atoms with Crippen molar-refractivity contribution in [3.05, 3.63) is 63.9 Å². The maximum atomic E-state index is 11.3. The average Bonchev–Trinajstić information content (AvgIpc) is 2.39. The van der Waals surface area contributed by atoms with Gasteiger partial charge in [0.25, 0.3) is 0 Å². The lowest BCUT2D eigenvalue weighted by Crippen LogP contribution is -1.97. The first-order chi connectivity index (χ1) is 9.10. The first kappa shape index (κ1) is 13.8. The molecular weight excluding hydrogens is 258 g/mol. The molecule has 98 valence electrons. The summed E-state index contributed by atoms with van der Waals surface area (Å²) in [5.74, 6) is -0.0121. The molecular formula is C16H16ClNO. The van der Waals surface area contributed by atoms with Gasteiger partial charge in [0.15, 0.2) is 5.78 Å². The van der Waals surface area contributed by atoms with Crippen molar-refractivity contribution in [2.75, 3.05) is 0 Å². The maximum Gasteiger partial charge on any atom is 0.161 e. The molecule has 0 N–H and O–H groups in total. The summed E-state index contributed by atoms with van der Waals surface area (Å²) in [5, 5.41) is 0.509. The third-order valence-electron chi connectivity index (χ3n) is 3.09. The first-order valence-corrected chi connectivity index (χ1v) is 6.71. The SMILES string of the molecule is CCc1ccc(Cc2ccc(C(C)=O)c(Cl)c2)nc1. The Hall–Kier alpha value is -1.67. The molecule has 3 heteroatoms. The molecule has 0 aliphatic rings. The molecule has 0 spiro atoms. The quantitative estimate of drug-likeness (QED) is 0.786. The molecule has 0 amide bonds. The molecule has 2 nitrogen and oxygen atoms in total. The smallest absolute Gasteiger partial charge is 0.161 e. The summed E-state index contributed by atoms with van der Waals surface area (Å²) in [6.45, 7) is 3.63. The van der Waals surface area contributed by atoms with E-state index < -0.39 is 0 Å². The highest BCUT2D eigenvalue weighted by molar-refractivity contribution is 6.33. The zero-order valence-corrected chi connectivity index (χ0v) is 11.9. The summed E-state index contributed by atoms with van der Waals surface area (Å²) < 4.78 is 0. The van der Waals surface area contributed by atoms with Crippen LogP contribution in [0.15, 0.2) is 36.5 Å². The van der Waals surface area contributed by atoms with Crippen molar-refractivity contribution in [2.24, 2.45) is 0 Å². The number of rotatable bonds is 4. The largest absolute Gasteiger partial charge is 0.294 e. The van der Waals surface area contributed by atoms with Gasteiger partial charge in [-0.15, -0.1) is 0 Å². The highest BCUT2D eigenvalue weighted by Crippen LogP contribution is 2.20. The van der Waals surface area contributed by atoms with Crippen LogP contribution in [0.4, 0.5) is 0 Å². The second kappa shape index (κ2) is 5.98. The van der Waals surface area contributed by atoms with E-state index in [4.69, 9.17) is 11.6 Å². The normalized spacial score (nSPS) is 10.5. The molecule has 19 heavy (non-hydrogen) atoms. The number of hydrogen-bond acceptors (Lipinski definition) is 2. The maximum absolute atomic E-state index is 11.3. The number of hydrogen-bond donors (Lipinski definition) is 0. The summed E-state index contributed by atoms with van der Waals surface area (Å²) in [6, 6.07) is 9.67. The second-order valence-electron chi connectivity index (χ2n) is 4.56. The standard InChI is InChI=1S/C16H16ClNO/c1-3-12-4-6-14(18-10-12)8-13-5-7-15(11(2)19)16(17)9-13/h4-7,9-10H,3,8H2,1-2H3. The number of nitrogens with zero attached hydrogens (tertiary/aromatic N) is 1. The van der Waals surface area contributed by atoms with Gasteiger partial charge >= 0.3 is 0 Å². The van der Waals surface area contributed by atoms with Crippen LogP contribution in [0, 0.1) is 0 Å². The summed E-state index contributed by atoms with van der Waals surface area (Å²) in [6.07, 6.45) is 3.62. The van der Waals surface area contributed by atoms with Gasteiger partial charge in [0.1, 0.15) is 0 Å². The van der Waals surface area contributed by atoms with E-state index in [0.717, 1.165) is 24.1 Å². The van der Waals surface area contributed by atoms with Crippen LogP contribution < -0.4 is 0 Å². The molecule has 1 aromatic heterocycles. The van der Waals surface area contributed by atoms with Crippen molar-refractivity contribution in [2.45, 2.75) is 26.7 Å². The monoisotopic (exact) mass is 273 g/mol. The van der Waals surface area contributed by atoms with Crippen molar-refractivity contribution in [1.29, 1.82) is 0 Å². The fourth-order valence-electron chi connectivity index (χ4n) is 1.93. The van der Waals surface area contributed by atoms with Crippen LogP contribution in [-0.2, 0) is 12.8 Å². The van der Waals surface area contributed by atoms with Crippen LogP contribution in [0.3, 0.4) is 0 Å². The number of carbonyl (C=O) groups is 1. The van der Waals surface area contributed by atoms with Gasteiger partial charge in [-0.05, 0) is 42.7 Å². The van der Waals surface area contributed by atoms with E-state index in [2.05, 4.69) is 18.0 Å². The number of benzene rings is 1. The van der Waals surface area contributed by atoms with Crippen molar-refractivity contribution in [3.8, 4) is 0 Å². The Morgan fingerprint density at radius 2 is 1.95 bits per heavy atom. The minimum atomic E-state index is -0.0121. The Morgan fingerprint density at radius 1 is 1.21 bits per heavy atom. The Bertz CT molecular complexity index is 590. The molecule has 1 aromatic carbocycles. The van der Waals surface area contributed by atoms with E-state index in [0.29, 0.717) is 10.6 Å². The van der Waals surface area contributed by atoms with Gasteiger partial charge in [0.2, 0.25) is 0 Å². The fourth-order valence-corrected chi connectivity index (χ4v) is 2.27. The molecule has 0 bridgehead atoms. The van der Waals surface area contributed by atoms with Crippen molar-refractivity contribution < 1.29 is 4.79 Å². The minimum absolute atomic E-state index is 0.0121. The van der Waals surface area contributed by atoms with E-state index >= 15 is 0 Å². The van der Waals surface area contributed by atoms with Gasteiger partial charge in [-0.2, -0.15) is 0 Å².